The summed E-state index contributed by atoms with van der Waals surface area (Å²) >= 11 is 3.31. The number of rotatable bonds is 4. The van der Waals surface area contributed by atoms with Crippen LogP contribution >= 0.6 is 15.9 Å². The number of nitrogens with two attached hydrogens (primary N) is 1. The number of carbonyl (C=O) groups excluding carboxylic acids is 1. The molecule has 1 aromatic rings. The molecule has 0 aliphatic carbocycles. The molecule has 1 amide bonds. The Morgan fingerprint density at radius 3 is 2.78 bits per heavy atom. The number of hydrogen-bond acceptors (Lipinski definition) is 3. The molecule has 5 heteroatoms. The molecule has 18 heavy (non-hydrogen) atoms. The first-order valence-electron chi connectivity index (χ1n) is 5.60. The largest absolute Gasteiger partial charge is 0.326 e. The maximum absolute atomic E-state index is 11.7. The van der Waals surface area contributed by atoms with Gasteiger partial charge in [-0.1, -0.05) is 15.9 Å². The van der Waals surface area contributed by atoms with E-state index in [2.05, 4.69) is 21.2 Å². The van der Waals surface area contributed by atoms with Crippen LogP contribution in [0.25, 0.3) is 0 Å². The zero-order valence-electron chi connectivity index (χ0n) is 10.5. The van der Waals surface area contributed by atoms with Crippen LogP contribution in [0.1, 0.15) is 32.3 Å². The average molecular weight is 310 g/mol. The summed E-state index contributed by atoms with van der Waals surface area (Å²) in [6.07, 6.45) is 0.926. The highest BCUT2D eigenvalue weighted by Crippen LogP contribution is 2.21. The number of amides is 1. The van der Waals surface area contributed by atoms with Gasteiger partial charge in [0.2, 0.25) is 5.91 Å². The summed E-state index contributed by atoms with van der Waals surface area (Å²) in [5.74, 6) is -0.136. The standard InChI is InChI=1S/C13H16BrN3O/c1-13(2,16)6-5-12(18)17-11-7-10(14)4-3-9(11)8-15/h3-4,7H,5-6,16H2,1-2H3,(H,17,18). The summed E-state index contributed by atoms with van der Waals surface area (Å²) < 4.78 is 0.816. The van der Waals surface area contributed by atoms with E-state index in [0.29, 0.717) is 24.1 Å². The third-order valence-corrected chi connectivity index (χ3v) is 2.87. The Labute approximate surface area is 115 Å². The molecule has 0 saturated heterocycles. The van der Waals surface area contributed by atoms with E-state index in [0.717, 1.165) is 4.47 Å². The van der Waals surface area contributed by atoms with Gasteiger partial charge in [0.05, 0.1) is 11.3 Å². The van der Waals surface area contributed by atoms with E-state index in [1.807, 2.05) is 19.9 Å². The smallest absolute Gasteiger partial charge is 0.224 e. The van der Waals surface area contributed by atoms with Gasteiger partial charge in [-0.3, -0.25) is 4.79 Å². The van der Waals surface area contributed by atoms with Gasteiger partial charge in [0, 0.05) is 16.4 Å². The summed E-state index contributed by atoms with van der Waals surface area (Å²) in [5.41, 5.74) is 6.41. The fourth-order valence-corrected chi connectivity index (χ4v) is 1.73. The van der Waals surface area contributed by atoms with Gasteiger partial charge in [-0.05, 0) is 38.5 Å². The van der Waals surface area contributed by atoms with Crippen molar-refractivity contribution < 1.29 is 4.79 Å². The molecule has 4 nitrogen and oxygen atoms in total. The predicted octanol–water partition coefficient (Wildman–Crippen LogP) is 2.78. The molecular formula is C13H16BrN3O. The number of nitrogens with one attached hydrogen (secondary N) is 1. The second kappa shape index (κ2) is 5.98. The van der Waals surface area contributed by atoms with Crippen LogP contribution in [0.5, 0.6) is 0 Å². The van der Waals surface area contributed by atoms with Crippen LogP contribution in [0.4, 0.5) is 5.69 Å². The van der Waals surface area contributed by atoms with Gasteiger partial charge in [0.1, 0.15) is 6.07 Å². The minimum atomic E-state index is -0.368. The molecule has 0 heterocycles. The number of hydrogen-bond donors (Lipinski definition) is 2. The van der Waals surface area contributed by atoms with Crippen LogP contribution < -0.4 is 11.1 Å². The number of nitriles is 1. The molecule has 0 aromatic heterocycles. The Bertz CT molecular complexity index is 486. The number of anilines is 1. The van der Waals surface area contributed by atoms with Crippen molar-refractivity contribution in [2.45, 2.75) is 32.2 Å². The molecule has 0 bridgehead atoms. The van der Waals surface area contributed by atoms with Crippen molar-refractivity contribution in [3.05, 3.63) is 28.2 Å². The lowest BCUT2D eigenvalue weighted by atomic mass is 10.00. The first-order chi connectivity index (χ1) is 8.31. The maximum Gasteiger partial charge on any atom is 0.224 e. The summed E-state index contributed by atoms with van der Waals surface area (Å²) in [7, 11) is 0. The minimum Gasteiger partial charge on any atom is -0.326 e. The van der Waals surface area contributed by atoms with Gasteiger partial charge in [-0.15, -0.1) is 0 Å². The molecule has 1 rings (SSSR count). The lowest BCUT2D eigenvalue weighted by molar-refractivity contribution is -0.116. The third-order valence-electron chi connectivity index (χ3n) is 2.37. The Morgan fingerprint density at radius 2 is 2.22 bits per heavy atom. The van der Waals surface area contributed by atoms with Crippen molar-refractivity contribution in [1.29, 1.82) is 5.26 Å². The molecule has 0 aliphatic heterocycles. The SMILES string of the molecule is CC(C)(N)CCC(=O)Nc1cc(Br)ccc1C#N. The van der Waals surface area contributed by atoms with Gasteiger partial charge in [-0.2, -0.15) is 5.26 Å². The Kier molecular flexibility index (Phi) is 4.88. The molecule has 0 radical (unpaired) electrons. The molecule has 0 saturated carbocycles. The Hall–Kier alpha value is -1.38. The second-order valence-electron chi connectivity index (χ2n) is 4.84. The zero-order chi connectivity index (χ0) is 13.8. The van der Waals surface area contributed by atoms with E-state index < -0.39 is 0 Å². The van der Waals surface area contributed by atoms with Crippen molar-refractivity contribution in [2.75, 3.05) is 5.32 Å². The van der Waals surface area contributed by atoms with Crippen LogP contribution in [0, 0.1) is 11.3 Å². The minimum absolute atomic E-state index is 0.136. The van der Waals surface area contributed by atoms with Gasteiger partial charge in [-0.25, -0.2) is 0 Å². The number of halogens is 1. The van der Waals surface area contributed by atoms with Crippen molar-refractivity contribution >= 4 is 27.5 Å². The molecule has 1 aromatic carbocycles. The van der Waals surface area contributed by atoms with Crippen LogP contribution in [0.2, 0.25) is 0 Å². The summed E-state index contributed by atoms with van der Waals surface area (Å²) in [6.45, 7) is 3.75. The number of nitrogens with zero attached hydrogens (tertiary/aromatic N) is 1. The number of benzene rings is 1. The van der Waals surface area contributed by atoms with E-state index in [4.69, 9.17) is 11.0 Å². The van der Waals surface area contributed by atoms with Gasteiger partial charge >= 0.3 is 0 Å². The lowest BCUT2D eigenvalue weighted by Gasteiger charge is -2.17. The number of carbonyl (C=O) groups is 1. The Balaban J connectivity index is 2.70. The Morgan fingerprint density at radius 1 is 1.56 bits per heavy atom. The quantitative estimate of drug-likeness (QED) is 0.897. The van der Waals surface area contributed by atoms with E-state index >= 15 is 0 Å². The summed E-state index contributed by atoms with van der Waals surface area (Å²) in [6, 6.07) is 7.17. The second-order valence-corrected chi connectivity index (χ2v) is 5.75. The van der Waals surface area contributed by atoms with Gasteiger partial charge in [0.25, 0.3) is 0 Å². The molecule has 0 aliphatic rings. The molecule has 0 fully saturated rings. The van der Waals surface area contributed by atoms with Crippen molar-refractivity contribution in [3.8, 4) is 6.07 Å². The van der Waals surface area contributed by atoms with Crippen molar-refractivity contribution in [1.82, 2.24) is 0 Å². The molecule has 0 atom stereocenters. The molecule has 3 N–H and O–H groups in total. The van der Waals surface area contributed by atoms with Crippen LogP contribution in [-0.2, 0) is 4.79 Å². The lowest BCUT2D eigenvalue weighted by Crippen LogP contribution is -2.33. The highest BCUT2D eigenvalue weighted by atomic mass is 79.9. The first-order valence-corrected chi connectivity index (χ1v) is 6.39. The third kappa shape index (κ3) is 4.86. The van der Waals surface area contributed by atoms with E-state index in [1.54, 1.807) is 18.2 Å². The fourth-order valence-electron chi connectivity index (χ4n) is 1.37. The van der Waals surface area contributed by atoms with Crippen LogP contribution in [0.3, 0.4) is 0 Å². The fraction of sp³-hybridized carbons (Fsp3) is 0.385. The van der Waals surface area contributed by atoms with Crippen LogP contribution in [-0.4, -0.2) is 11.4 Å². The summed E-state index contributed by atoms with van der Waals surface area (Å²) in [5, 5.41) is 11.7. The molecule has 0 unspecified atom stereocenters. The highest BCUT2D eigenvalue weighted by molar-refractivity contribution is 9.10. The van der Waals surface area contributed by atoms with E-state index in [1.165, 1.54) is 0 Å². The van der Waals surface area contributed by atoms with Crippen molar-refractivity contribution in [2.24, 2.45) is 5.73 Å². The maximum atomic E-state index is 11.7. The van der Waals surface area contributed by atoms with E-state index in [9.17, 15) is 4.79 Å². The average Bonchev–Trinajstić information content (AvgIpc) is 2.26. The van der Waals surface area contributed by atoms with E-state index in [-0.39, 0.29) is 11.4 Å². The highest BCUT2D eigenvalue weighted by Gasteiger charge is 2.14. The topological polar surface area (TPSA) is 78.9 Å². The normalized spacial score (nSPS) is 10.8. The van der Waals surface area contributed by atoms with Crippen molar-refractivity contribution in [3.63, 3.8) is 0 Å². The summed E-state index contributed by atoms with van der Waals surface area (Å²) in [4.78, 5) is 11.7. The molecule has 0 spiro atoms. The monoisotopic (exact) mass is 309 g/mol. The first kappa shape index (κ1) is 14.7. The molecule has 96 valence electrons. The predicted molar refractivity (Wildman–Crippen MR) is 75.0 cm³/mol. The van der Waals surface area contributed by atoms with Gasteiger partial charge in [0.15, 0.2) is 0 Å². The van der Waals surface area contributed by atoms with Crippen LogP contribution in [0.15, 0.2) is 22.7 Å². The van der Waals surface area contributed by atoms with Gasteiger partial charge < -0.3 is 11.1 Å². The zero-order valence-corrected chi connectivity index (χ0v) is 12.0. The molecular weight excluding hydrogens is 294 g/mol.